The highest BCUT2D eigenvalue weighted by molar-refractivity contribution is 6.36. The standard InChI is InChI=1S/C23H26N2O5/c1-5-13-30-16-9-7-15(8-10-16)20-21(23(27)25(6-2)22(20)26)24-18-14-17(28-3)11-12-19(18)29-4/h7-12,14,24H,5-6,13H2,1-4H3. The number of methoxy groups -OCH3 is 2. The molecule has 0 unspecified atom stereocenters. The van der Waals surface area contributed by atoms with Crippen LogP contribution in [0.15, 0.2) is 48.2 Å². The Morgan fingerprint density at radius 3 is 2.20 bits per heavy atom. The molecule has 0 spiro atoms. The molecular weight excluding hydrogens is 384 g/mol. The van der Waals surface area contributed by atoms with E-state index in [0.717, 1.165) is 6.42 Å². The van der Waals surface area contributed by atoms with Crippen LogP contribution in [-0.4, -0.2) is 44.1 Å². The average molecular weight is 410 g/mol. The Labute approximate surface area is 176 Å². The number of ether oxygens (including phenoxy) is 3. The number of benzene rings is 2. The zero-order valence-corrected chi connectivity index (χ0v) is 17.7. The number of imide groups is 1. The monoisotopic (exact) mass is 410 g/mol. The van der Waals surface area contributed by atoms with Crippen molar-refractivity contribution in [1.82, 2.24) is 4.90 Å². The smallest absolute Gasteiger partial charge is 0.278 e. The number of anilines is 1. The molecule has 1 N–H and O–H groups in total. The number of rotatable bonds is 9. The van der Waals surface area contributed by atoms with Crippen LogP contribution in [0, 0.1) is 0 Å². The van der Waals surface area contributed by atoms with Crippen molar-refractivity contribution < 1.29 is 23.8 Å². The van der Waals surface area contributed by atoms with Crippen LogP contribution >= 0.6 is 0 Å². The third kappa shape index (κ3) is 4.10. The molecule has 7 heteroatoms. The summed E-state index contributed by atoms with van der Waals surface area (Å²) in [5.74, 6) is 1.13. The molecule has 158 valence electrons. The van der Waals surface area contributed by atoms with E-state index in [1.54, 1.807) is 56.5 Å². The molecule has 1 aliphatic heterocycles. The van der Waals surface area contributed by atoms with Gasteiger partial charge in [0.1, 0.15) is 22.9 Å². The van der Waals surface area contributed by atoms with E-state index in [2.05, 4.69) is 5.32 Å². The summed E-state index contributed by atoms with van der Waals surface area (Å²) >= 11 is 0. The molecule has 0 fully saturated rings. The SMILES string of the molecule is CCCOc1ccc(C2=C(Nc3cc(OC)ccc3OC)C(=O)N(CC)C2=O)cc1. The highest BCUT2D eigenvalue weighted by atomic mass is 16.5. The summed E-state index contributed by atoms with van der Waals surface area (Å²) in [4.78, 5) is 27.2. The largest absolute Gasteiger partial charge is 0.497 e. The Morgan fingerprint density at radius 1 is 0.900 bits per heavy atom. The maximum atomic E-state index is 13.0. The molecule has 0 saturated heterocycles. The molecule has 0 aliphatic carbocycles. The van der Waals surface area contributed by atoms with Crippen molar-refractivity contribution >= 4 is 23.1 Å². The molecule has 2 aromatic rings. The van der Waals surface area contributed by atoms with E-state index in [-0.39, 0.29) is 24.1 Å². The van der Waals surface area contributed by atoms with Crippen molar-refractivity contribution in [3.8, 4) is 17.2 Å². The second kappa shape index (κ2) is 9.35. The molecule has 0 radical (unpaired) electrons. The van der Waals surface area contributed by atoms with Gasteiger partial charge >= 0.3 is 0 Å². The first-order chi connectivity index (χ1) is 14.5. The lowest BCUT2D eigenvalue weighted by Gasteiger charge is -2.14. The Morgan fingerprint density at radius 2 is 1.60 bits per heavy atom. The normalized spacial score (nSPS) is 13.7. The summed E-state index contributed by atoms with van der Waals surface area (Å²) in [5, 5.41) is 3.11. The van der Waals surface area contributed by atoms with Gasteiger partial charge in [-0.15, -0.1) is 0 Å². The molecule has 2 amide bonds. The van der Waals surface area contributed by atoms with Crippen molar-refractivity contribution in [2.75, 3.05) is 32.7 Å². The van der Waals surface area contributed by atoms with E-state index in [9.17, 15) is 9.59 Å². The Kier molecular flexibility index (Phi) is 6.61. The van der Waals surface area contributed by atoms with E-state index >= 15 is 0 Å². The fraction of sp³-hybridized carbons (Fsp3) is 0.304. The van der Waals surface area contributed by atoms with Crippen LogP contribution in [0.5, 0.6) is 17.2 Å². The lowest BCUT2D eigenvalue weighted by molar-refractivity contribution is -0.136. The summed E-state index contributed by atoms with van der Waals surface area (Å²) in [6.07, 6.45) is 0.905. The number of likely N-dealkylation sites (N-methyl/N-ethyl adjacent to an activating group) is 1. The first-order valence-corrected chi connectivity index (χ1v) is 9.86. The van der Waals surface area contributed by atoms with Crippen LogP contribution in [0.1, 0.15) is 25.8 Å². The lowest BCUT2D eigenvalue weighted by Crippen LogP contribution is -2.32. The minimum absolute atomic E-state index is 0.204. The molecule has 1 aliphatic rings. The zero-order chi connectivity index (χ0) is 21.7. The molecule has 0 bridgehead atoms. The van der Waals surface area contributed by atoms with Gasteiger partial charge in [-0.3, -0.25) is 14.5 Å². The predicted molar refractivity (Wildman–Crippen MR) is 115 cm³/mol. The summed E-state index contributed by atoms with van der Waals surface area (Å²) in [6, 6.07) is 12.4. The second-order valence-electron chi connectivity index (χ2n) is 6.67. The van der Waals surface area contributed by atoms with Crippen molar-refractivity contribution in [1.29, 1.82) is 0 Å². The summed E-state index contributed by atoms with van der Waals surface area (Å²) < 4.78 is 16.3. The molecule has 1 heterocycles. The number of hydrogen-bond donors (Lipinski definition) is 1. The molecular formula is C23H26N2O5. The lowest BCUT2D eigenvalue weighted by atomic mass is 10.0. The van der Waals surface area contributed by atoms with Crippen molar-refractivity contribution in [3.63, 3.8) is 0 Å². The van der Waals surface area contributed by atoms with E-state index in [1.165, 1.54) is 12.0 Å². The van der Waals surface area contributed by atoms with E-state index < -0.39 is 0 Å². The third-order valence-corrected chi connectivity index (χ3v) is 4.77. The number of carbonyl (C=O) groups excluding carboxylic acids is 2. The first-order valence-electron chi connectivity index (χ1n) is 9.86. The minimum Gasteiger partial charge on any atom is -0.497 e. The van der Waals surface area contributed by atoms with Gasteiger partial charge in [-0.25, -0.2) is 0 Å². The van der Waals surface area contributed by atoms with Crippen LogP contribution in [0.3, 0.4) is 0 Å². The Hall–Kier alpha value is -3.48. The van der Waals surface area contributed by atoms with E-state index in [1.807, 2.05) is 6.92 Å². The minimum atomic E-state index is -0.381. The van der Waals surface area contributed by atoms with Gasteiger partial charge in [-0.1, -0.05) is 19.1 Å². The zero-order valence-electron chi connectivity index (χ0n) is 17.7. The fourth-order valence-electron chi connectivity index (χ4n) is 3.23. The van der Waals surface area contributed by atoms with Crippen molar-refractivity contribution in [3.05, 3.63) is 53.7 Å². The molecule has 2 aromatic carbocycles. The molecule has 0 atom stereocenters. The van der Waals surface area contributed by atoms with Crippen LogP contribution in [0.4, 0.5) is 5.69 Å². The molecule has 0 saturated carbocycles. The number of carbonyl (C=O) groups is 2. The van der Waals surface area contributed by atoms with Crippen molar-refractivity contribution in [2.45, 2.75) is 20.3 Å². The number of amides is 2. The van der Waals surface area contributed by atoms with Gasteiger partial charge in [-0.2, -0.15) is 0 Å². The molecule has 30 heavy (non-hydrogen) atoms. The van der Waals surface area contributed by atoms with Crippen LogP contribution in [0.25, 0.3) is 5.57 Å². The quantitative estimate of drug-likeness (QED) is 0.635. The van der Waals surface area contributed by atoms with Gasteiger partial charge < -0.3 is 19.5 Å². The Bertz CT molecular complexity index is 966. The van der Waals surface area contributed by atoms with Gasteiger partial charge in [0.05, 0.1) is 32.1 Å². The molecule has 3 rings (SSSR count). The summed E-state index contributed by atoms with van der Waals surface area (Å²) in [5.41, 5.74) is 1.69. The maximum absolute atomic E-state index is 13.0. The summed E-state index contributed by atoms with van der Waals surface area (Å²) in [7, 11) is 3.10. The second-order valence-corrected chi connectivity index (χ2v) is 6.67. The van der Waals surface area contributed by atoms with Crippen LogP contribution < -0.4 is 19.5 Å². The summed E-state index contributed by atoms with van der Waals surface area (Å²) in [6.45, 7) is 4.70. The van der Waals surface area contributed by atoms with Crippen LogP contribution in [0.2, 0.25) is 0 Å². The van der Waals surface area contributed by atoms with Gasteiger partial charge in [0.2, 0.25) is 0 Å². The number of nitrogens with one attached hydrogen (secondary N) is 1. The Balaban J connectivity index is 2.04. The molecule has 7 nitrogen and oxygen atoms in total. The topological polar surface area (TPSA) is 77.1 Å². The first kappa shape index (κ1) is 21.2. The van der Waals surface area contributed by atoms with Crippen LogP contribution in [-0.2, 0) is 9.59 Å². The maximum Gasteiger partial charge on any atom is 0.278 e. The van der Waals surface area contributed by atoms with E-state index in [0.29, 0.717) is 40.7 Å². The third-order valence-electron chi connectivity index (χ3n) is 4.77. The number of hydrogen-bond acceptors (Lipinski definition) is 6. The average Bonchev–Trinajstić information content (AvgIpc) is 3.01. The molecule has 0 aromatic heterocycles. The van der Waals surface area contributed by atoms with Gasteiger partial charge in [0.15, 0.2) is 0 Å². The number of nitrogens with zero attached hydrogens (tertiary/aromatic N) is 1. The highest BCUT2D eigenvalue weighted by Crippen LogP contribution is 2.35. The highest BCUT2D eigenvalue weighted by Gasteiger charge is 2.38. The van der Waals surface area contributed by atoms with E-state index in [4.69, 9.17) is 14.2 Å². The predicted octanol–water partition coefficient (Wildman–Crippen LogP) is 3.70. The van der Waals surface area contributed by atoms with Gasteiger partial charge in [-0.05, 0) is 43.2 Å². The van der Waals surface area contributed by atoms with Gasteiger partial charge in [0.25, 0.3) is 11.8 Å². The van der Waals surface area contributed by atoms with Gasteiger partial charge in [0, 0.05) is 12.6 Å². The fourth-order valence-corrected chi connectivity index (χ4v) is 3.23. The van der Waals surface area contributed by atoms with Crippen molar-refractivity contribution in [2.24, 2.45) is 0 Å².